The van der Waals surface area contributed by atoms with E-state index < -0.39 is 12.2 Å². The first-order chi connectivity index (χ1) is 17.6. The molecule has 9 heteroatoms. The van der Waals surface area contributed by atoms with Crippen LogP contribution < -0.4 is 23.7 Å². The van der Waals surface area contributed by atoms with Gasteiger partial charge in [0.25, 0.3) is 0 Å². The summed E-state index contributed by atoms with van der Waals surface area (Å²) in [6, 6.07) is 16.8. The summed E-state index contributed by atoms with van der Waals surface area (Å²) in [5.41, 5.74) is 3.15. The van der Waals surface area contributed by atoms with Gasteiger partial charge in [-0.25, -0.2) is 9.80 Å². The average molecular weight is 488 g/mol. The molecule has 184 valence electrons. The summed E-state index contributed by atoms with van der Waals surface area (Å²) in [6.45, 7) is 1.02. The molecule has 0 unspecified atom stereocenters. The summed E-state index contributed by atoms with van der Waals surface area (Å²) < 4.78 is 28.6. The summed E-state index contributed by atoms with van der Waals surface area (Å²) in [5.74, 6) is 1.41. The molecule has 6 rings (SSSR count). The van der Waals surface area contributed by atoms with Gasteiger partial charge in [-0.05, 0) is 36.4 Å². The Morgan fingerprint density at radius 3 is 2.56 bits per heavy atom. The van der Waals surface area contributed by atoms with E-state index in [0.717, 1.165) is 16.8 Å². The first-order valence-corrected chi connectivity index (χ1v) is 11.6. The van der Waals surface area contributed by atoms with Crippen molar-refractivity contribution in [3.63, 3.8) is 0 Å². The number of ether oxygens (including phenoxy) is 5. The lowest BCUT2D eigenvalue weighted by molar-refractivity contribution is -0.0199. The van der Waals surface area contributed by atoms with Crippen molar-refractivity contribution < 1.29 is 33.6 Å². The van der Waals surface area contributed by atoms with Crippen LogP contribution in [0.4, 0.5) is 0 Å². The number of carbonyl (C=O) groups is 1. The molecular formula is C27H24N2O7. The Bertz CT molecular complexity index is 1390. The SMILES string of the molecule is COc1ccc([C@@H]2Oc3ccccc3[C@@H]3CC(c4ccc5c(c4)OCCO5)=NN32)c(C(=O)O)c1OC. The van der Waals surface area contributed by atoms with Crippen LogP contribution in [0.3, 0.4) is 0 Å². The van der Waals surface area contributed by atoms with Crippen LogP contribution in [-0.2, 0) is 0 Å². The zero-order valence-electron chi connectivity index (χ0n) is 19.8. The lowest BCUT2D eigenvalue weighted by Gasteiger charge is -2.38. The van der Waals surface area contributed by atoms with E-state index in [1.54, 1.807) is 12.1 Å². The molecule has 3 heterocycles. The number of aromatic carboxylic acids is 1. The fourth-order valence-electron chi connectivity index (χ4n) is 5.01. The molecule has 36 heavy (non-hydrogen) atoms. The monoisotopic (exact) mass is 488 g/mol. The number of rotatable bonds is 5. The maximum atomic E-state index is 12.4. The Morgan fingerprint density at radius 1 is 0.972 bits per heavy atom. The van der Waals surface area contributed by atoms with Crippen molar-refractivity contribution >= 4 is 11.7 Å². The summed E-state index contributed by atoms with van der Waals surface area (Å²) in [7, 11) is 2.89. The van der Waals surface area contributed by atoms with Crippen LogP contribution in [0.1, 0.15) is 45.7 Å². The van der Waals surface area contributed by atoms with E-state index in [0.29, 0.717) is 48.2 Å². The third-order valence-electron chi connectivity index (χ3n) is 6.63. The second kappa shape index (κ2) is 8.67. The Morgan fingerprint density at radius 2 is 1.78 bits per heavy atom. The smallest absolute Gasteiger partial charge is 0.340 e. The van der Waals surface area contributed by atoms with Gasteiger partial charge in [0.1, 0.15) is 24.5 Å². The first-order valence-electron chi connectivity index (χ1n) is 11.6. The molecule has 9 nitrogen and oxygen atoms in total. The first kappa shape index (κ1) is 22.1. The standard InChI is InChI=1S/C27H24N2O7/c1-32-22-10-8-17(24(27(30)31)25(22)33-2)26-29-19(16-5-3-4-6-20(16)36-26)14-18(28-29)15-7-9-21-23(13-15)35-12-11-34-21/h3-10,13,19,26H,11-12,14H2,1-2H3,(H,30,31)/t19-,26-/m0/s1. The van der Waals surface area contributed by atoms with E-state index in [-0.39, 0.29) is 17.4 Å². The Labute approximate surface area is 207 Å². The van der Waals surface area contributed by atoms with Gasteiger partial charge >= 0.3 is 5.97 Å². The van der Waals surface area contributed by atoms with Gasteiger partial charge in [-0.15, -0.1) is 0 Å². The van der Waals surface area contributed by atoms with Crippen molar-refractivity contribution in [1.29, 1.82) is 0 Å². The van der Waals surface area contributed by atoms with E-state index in [2.05, 4.69) is 0 Å². The van der Waals surface area contributed by atoms with Crippen LogP contribution in [0.5, 0.6) is 28.7 Å². The number of fused-ring (bicyclic) bond motifs is 4. The van der Waals surface area contributed by atoms with Crippen molar-refractivity contribution in [3.8, 4) is 28.7 Å². The van der Waals surface area contributed by atoms with Crippen molar-refractivity contribution in [1.82, 2.24) is 5.01 Å². The van der Waals surface area contributed by atoms with Crippen LogP contribution in [0.2, 0.25) is 0 Å². The molecule has 0 amide bonds. The molecule has 0 aromatic heterocycles. The number of carboxylic acids is 1. The van der Waals surface area contributed by atoms with Gasteiger partial charge in [0, 0.05) is 23.1 Å². The number of hydrazone groups is 1. The van der Waals surface area contributed by atoms with Crippen molar-refractivity contribution in [2.75, 3.05) is 27.4 Å². The normalized spacial score (nSPS) is 19.5. The molecule has 0 saturated heterocycles. The van der Waals surface area contributed by atoms with Gasteiger partial charge < -0.3 is 28.8 Å². The number of hydrogen-bond donors (Lipinski definition) is 1. The molecule has 0 aliphatic carbocycles. The van der Waals surface area contributed by atoms with E-state index >= 15 is 0 Å². The highest BCUT2D eigenvalue weighted by Crippen LogP contribution is 2.49. The third kappa shape index (κ3) is 3.46. The topological polar surface area (TPSA) is 99.1 Å². The van der Waals surface area contributed by atoms with Crippen molar-refractivity contribution in [3.05, 3.63) is 76.9 Å². The van der Waals surface area contributed by atoms with Gasteiger partial charge in [-0.2, -0.15) is 5.10 Å². The van der Waals surface area contributed by atoms with Gasteiger partial charge in [-0.1, -0.05) is 18.2 Å². The van der Waals surface area contributed by atoms with Crippen molar-refractivity contribution in [2.24, 2.45) is 5.10 Å². The van der Waals surface area contributed by atoms with E-state index in [1.165, 1.54) is 14.2 Å². The van der Waals surface area contributed by atoms with Gasteiger partial charge in [0.15, 0.2) is 23.0 Å². The summed E-state index contributed by atoms with van der Waals surface area (Å²) >= 11 is 0. The minimum Gasteiger partial charge on any atom is -0.493 e. The molecule has 0 spiro atoms. The summed E-state index contributed by atoms with van der Waals surface area (Å²) in [6.07, 6.45) is -0.169. The minimum absolute atomic E-state index is 0.0250. The Hall–Kier alpha value is -4.40. The molecule has 0 saturated carbocycles. The molecule has 0 bridgehead atoms. The van der Waals surface area contributed by atoms with Crippen LogP contribution >= 0.6 is 0 Å². The van der Waals surface area contributed by atoms with Crippen LogP contribution in [0, 0.1) is 0 Å². The summed E-state index contributed by atoms with van der Waals surface area (Å²) in [4.78, 5) is 12.4. The van der Waals surface area contributed by atoms with Crippen LogP contribution in [0.25, 0.3) is 0 Å². The number of para-hydroxylation sites is 1. The minimum atomic E-state index is -1.14. The summed E-state index contributed by atoms with van der Waals surface area (Å²) in [5, 5.41) is 16.9. The fourth-order valence-corrected chi connectivity index (χ4v) is 5.01. The predicted octanol–water partition coefficient (Wildman–Crippen LogP) is 4.42. The third-order valence-corrected chi connectivity index (χ3v) is 6.63. The second-order valence-electron chi connectivity index (χ2n) is 8.58. The lowest BCUT2D eigenvalue weighted by Crippen LogP contribution is -2.34. The molecule has 3 aromatic rings. The maximum Gasteiger partial charge on any atom is 0.340 e. The van der Waals surface area contributed by atoms with Gasteiger partial charge in [0.05, 0.1) is 26.0 Å². The molecule has 3 aliphatic rings. The molecule has 0 radical (unpaired) electrons. The fraction of sp³-hybridized carbons (Fsp3) is 0.259. The molecule has 0 fully saturated rings. The Balaban J connectivity index is 1.47. The molecule has 1 N–H and O–H groups in total. The lowest BCUT2D eigenvalue weighted by atomic mass is 9.95. The van der Waals surface area contributed by atoms with Gasteiger partial charge in [-0.3, -0.25) is 0 Å². The number of methoxy groups -OCH3 is 2. The highest BCUT2D eigenvalue weighted by molar-refractivity contribution is 6.02. The van der Waals surface area contributed by atoms with E-state index in [4.69, 9.17) is 28.8 Å². The predicted molar refractivity (Wildman–Crippen MR) is 129 cm³/mol. The zero-order valence-corrected chi connectivity index (χ0v) is 19.8. The maximum absolute atomic E-state index is 12.4. The van der Waals surface area contributed by atoms with Gasteiger partial charge in [0.2, 0.25) is 6.23 Å². The largest absolute Gasteiger partial charge is 0.493 e. The van der Waals surface area contributed by atoms with Crippen molar-refractivity contribution in [2.45, 2.75) is 18.7 Å². The molecule has 2 atom stereocenters. The number of carboxylic acid groups (broad SMARTS) is 1. The molecular weight excluding hydrogens is 464 g/mol. The molecule has 3 aliphatic heterocycles. The Kier molecular flexibility index (Phi) is 5.32. The van der Waals surface area contributed by atoms with E-state index in [9.17, 15) is 9.90 Å². The number of benzene rings is 3. The van der Waals surface area contributed by atoms with E-state index in [1.807, 2.05) is 47.5 Å². The zero-order chi connectivity index (χ0) is 24.8. The second-order valence-corrected chi connectivity index (χ2v) is 8.58. The highest BCUT2D eigenvalue weighted by Gasteiger charge is 2.43. The number of nitrogens with zero attached hydrogens (tertiary/aromatic N) is 2. The molecule has 3 aromatic carbocycles. The average Bonchev–Trinajstić information content (AvgIpc) is 3.37. The van der Waals surface area contributed by atoms with Crippen LogP contribution in [0.15, 0.2) is 59.7 Å². The number of hydrogen-bond acceptors (Lipinski definition) is 8. The highest BCUT2D eigenvalue weighted by atomic mass is 16.6. The van der Waals surface area contributed by atoms with Crippen LogP contribution in [-0.4, -0.2) is 49.2 Å². The quantitative estimate of drug-likeness (QED) is 0.564.